The summed E-state index contributed by atoms with van der Waals surface area (Å²) < 4.78 is 0. The van der Waals surface area contributed by atoms with Crippen LogP contribution in [-0.4, -0.2) is 17.3 Å². The summed E-state index contributed by atoms with van der Waals surface area (Å²) in [6, 6.07) is 15.3. The van der Waals surface area contributed by atoms with Gasteiger partial charge in [-0.3, -0.25) is 0 Å². The summed E-state index contributed by atoms with van der Waals surface area (Å²) >= 11 is 0. The molecule has 0 radical (unpaired) electrons. The topological polar surface area (TPSA) is 32.3 Å². The van der Waals surface area contributed by atoms with Gasteiger partial charge in [0.15, 0.2) is 0 Å². The van der Waals surface area contributed by atoms with Crippen molar-refractivity contribution in [2.24, 2.45) is 0 Å². The first-order valence-electron chi connectivity index (χ1n) is 7.22. The summed E-state index contributed by atoms with van der Waals surface area (Å²) in [4.78, 5) is 0. The van der Waals surface area contributed by atoms with Crippen LogP contribution in [-0.2, 0) is 6.54 Å². The summed E-state index contributed by atoms with van der Waals surface area (Å²) in [5, 5.41) is 16.0. The molecule has 2 aromatic rings. The van der Waals surface area contributed by atoms with Crippen molar-refractivity contribution in [3.63, 3.8) is 0 Å². The van der Waals surface area contributed by atoms with E-state index in [4.69, 9.17) is 0 Å². The highest BCUT2D eigenvalue weighted by atomic mass is 16.3. The Morgan fingerprint density at radius 3 is 2.63 bits per heavy atom. The Kier molecular flexibility index (Phi) is 3.81. The molecule has 1 saturated carbocycles. The molecule has 0 bridgehead atoms. The smallest absolute Gasteiger partial charge is 0.0693 e. The van der Waals surface area contributed by atoms with E-state index in [1.54, 1.807) is 0 Å². The molecule has 1 fully saturated rings. The number of fused-ring (bicyclic) bond motifs is 1. The van der Waals surface area contributed by atoms with Gasteiger partial charge in [0.2, 0.25) is 0 Å². The number of nitrogens with one attached hydrogen (secondary N) is 1. The van der Waals surface area contributed by atoms with E-state index in [-0.39, 0.29) is 12.1 Å². The predicted octanol–water partition coefficient (Wildman–Crippen LogP) is 3.23. The van der Waals surface area contributed by atoms with Crippen LogP contribution in [0.25, 0.3) is 10.8 Å². The second-order valence-electron chi connectivity index (χ2n) is 5.52. The van der Waals surface area contributed by atoms with Crippen molar-refractivity contribution in [3.8, 4) is 0 Å². The molecule has 1 aliphatic carbocycles. The van der Waals surface area contributed by atoms with Gasteiger partial charge in [-0.25, -0.2) is 0 Å². The van der Waals surface area contributed by atoms with Crippen LogP contribution in [0, 0.1) is 0 Å². The maximum absolute atomic E-state index is 9.96. The van der Waals surface area contributed by atoms with Gasteiger partial charge < -0.3 is 10.4 Å². The van der Waals surface area contributed by atoms with Crippen molar-refractivity contribution in [3.05, 3.63) is 48.0 Å². The average molecular weight is 255 g/mol. The SMILES string of the molecule is OC1CCCCC1NCc1ccc2ccccc2c1. The number of rotatable bonds is 3. The fraction of sp³-hybridized carbons (Fsp3) is 0.412. The van der Waals surface area contributed by atoms with Crippen molar-refractivity contribution in [2.45, 2.75) is 44.4 Å². The molecular weight excluding hydrogens is 234 g/mol. The number of aliphatic hydroxyl groups is 1. The monoisotopic (exact) mass is 255 g/mol. The lowest BCUT2D eigenvalue weighted by atomic mass is 9.92. The van der Waals surface area contributed by atoms with Crippen molar-refractivity contribution in [1.29, 1.82) is 0 Å². The highest BCUT2D eigenvalue weighted by Crippen LogP contribution is 2.20. The fourth-order valence-electron chi connectivity index (χ4n) is 2.95. The number of hydrogen-bond acceptors (Lipinski definition) is 2. The molecule has 3 rings (SSSR count). The summed E-state index contributed by atoms with van der Waals surface area (Å²) in [6.45, 7) is 0.840. The largest absolute Gasteiger partial charge is 0.392 e. The third-order valence-electron chi connectivity index (χ3n) is 4.11. The third-order valence-corrected chi connectivity index (χ3v) is 4.11. The van der Waals surface area contributed by atoms with Gasteiger partial charge in [0.05, 0.1) is 6.10 Å². The molecule has 0 saturated heterocycles. The van der Waals surface area contributed by atoms with Gasteiger partial charge in [-0.1, -0.05) is 49.2 Å². The van der Waals surface area contributed by atoms with Crippen LogP contribution < -0.4 is 5.32 Å². The second kappa shape index (κ2) is 5.72. The highest BCUT2D eigenvalue weighted by molar-refractivity contribution is 5.82. The third kappa shape index (κ3) is 2.96. The van der Waals surface area contributed by atoms with E-state index in [2.05, 4.69) is 47.8 Å². The number of hydrogen-bond donors (Lipinski definition) is 2. The Morgan fingerprint density at radius 1 is 1.00 bits per heavy atom. The first kappa shape index (κ1) is 12.6. The van der Waals surface area contributed by atoms with Crippen molar-refractivity contribution >= 4 is 10.8 Å². The molecule has 0 amide bonds. The molecule has 2 unspecified atom stereocenters. The lowest BCUT2D eigenvalue weighted by Gasteiger charge is -2.28. The van der Waals surface area contributed by atoms with E-state index >= 15 is 0 Å². The van der Waals surface area contributed by atoms with Gasteiger partial charge in [0, 0.05) is 12.6 Å². The van der Waals surface area contributed by atoms with E-state index < -0.39 is 0 Å². The molecule has 2 heteroatoms. The predicted molar refractivity (Wildman–Crippen MR) is 79.1 cm³/mol. The van der Waals surface area contributed by atoms with Gasteiger partial charge in [-0.05, 0) is 35.2 Å². The van der Waals surface area contributed by atoms with E-state index in [1.165, 1.54) is 22.8 Å². The molecular formula is C17H21NO. The molecule has 2 nitrogen and oxygen atoms in total. The number of benzene rings is 2. The standard InChI is InChI=1S/C17H21NO/c19-17-8-4-3-7-16(17)18-12-13-9-10-14-5-1-2-6-15(14)11-13/h1-2,5-6,9-11,16-19H,3-4,7-8,12H2. The summed E-state index contributed by atoms with van der Waals surface area (Å²) in [5.41, 5.74) is 1.29. The quantitative estimate of drug-likeness (QED) is 0.882. The van der Waals surface area contributed by atoms with Crippen molar-refractivity contribution < 1.29 is 5.11 Å². The van der Waals surface area contributed by atoms with Gasteiger partial charge >= 0.3 is 0 Å². The van der Waals surface area contributed by atoms with Gasteiger partial charge in [0.25, 0.3) is 0 Å². The van der Waals surface area contributed by atoms with Gasteiger partial charge in [-0.2, -0.15) is 0 Å². The fourth-order valence-corrected chi connectivity index (χ4v) is 2.95. The first-order chi connectivity index (χ1) is 9.33. The van der Waals surface area contributed by atoms with E-state index in [1.807, 2.05) is 0 Å². The molecule has 2 aromatic carbocycles. The minimum Gasteiger partial charge on any atom is -0.392 e. The van der Waals surface area contributed by atoms with Gasteiger partial charge in [0.1, 0.15) is 0 Å². The zero-order chi connectivity index (χ0) is 13.1. The van der Waals surface area contributed by atoms with Crippen LogP contribution in [0.5, 0.6) is 0 Å². The van der Waals surface area contributed by atoms with Crippen LogP contribution in [0.3, 0.4) is 0 Å². The van der Waals surface area contributed by atoms with E-state index in [0.717, 1.165) is 25.8 Å². The highest BCUT2D eigenvalue weighted by Gasteiger charge is 2.21. The minimum atomic E-state index is -0.172. The summed E-state index contributed by atoms with van der Waals surface area (Å²) in [6.07, 6.45) is 4.25. The van der Waals surface area contributed by atoms with Gasteiger partial charge in [-0.15, -0.1) is 0 Å². The van der Waals surface area contributed by atoms with Crippen LogP contribution in [0.15, 0.2) is 42.5 Å². The molecule has 0 aliphatic heterocycles. The molecule has 100 valence electrons. The van der Waals surface area contributed by atoms with E-state index in [9.17, 15) is 5.11 Å². The molecule has 0 aromatic heterocycles. The number of aliphatic hydroxyl groups excluding tert-OH is 1. The molecule has 2 N–H and O–H groups in total. The zero-order valence-electron chi connectivity index (χ0n) is 11.2. The van der Waals surface area contributed by atoms with Crippen LogP contribution in [0.1, 0.15) is 31.2 Å². The lowest BCUT2D eigenvalue weighted by Crippen LogP contribution is -2.41. The van der Waals surface area contributed by atoms with Crippen molar-refractivity contribution in [2.75, 3.05) is 0 Å². The molecule has 1 aliphatic rings. The summed E-state index contributed by atoms with van der Waals surface area (Å²) in [5.74, 6) is 0. The maximum atomic E-state index is 9.96. The second-order valence-corrected chi connectivity index (χ2v) is 5.52. The van der Waals surface area contributed by atoms with Crippen molar-refractivity contribution in [1.82, 2.24) is 5.32 Å². The average Bonchev–Trinajstić information content (AvgIpc) is 2.46. The lowest BCUT2D eigenvalue weighted by molar-refractivity contribution is 0.0903. The van der Waals surface area contributed by atoms with Crippen LogP contribution >= 0.6 is 0 Å². The first-order valence-corrected chi connectivity index (χ1v) is 7.22. The van der Waals surface area contributed by atoms with Crippen LogP contribution in [0.4, 0.5) is 0 Å². The maximum Gasteiger partial charge on any atom is 0.0693 e. The molecule has 0 heterocycles. The summed E-state index contributed by atoms with van der Waals surface area (Å²) in [7, 11) is 0. The Labute approximate surface area is 114 Å². The Bertz CT molecular complexity index is 552. The van der Waals surface area contributed by atoms with Crippen LogP contribution in [0.2, 0.25) is 0 Å². The van der Waals surface area contributed by atoms with E-state index in [0.29, 0.717) is 0 Å². The molecule has 0 spiro atoms. The Balaban J connectivity index is 1.67. The minimum absolute atomic E-state index is 0.172. The molecule has 19 heavy (non-hydrogen) atoms. The normalized spacial score (nSPS) is 23.6. The Hall–Kier alpha value is -1.38. The zero-order valence-corrected chi connectivity index (χ0v) is 11.2. The Morgan fingerprint density at radius 2 is 1.79 bits per heavy atom. The molecule has 2 atom stereocenters.